The van der Waals surface area contributed by atoms with E-state index in [1.165, 1.54) is 18.4 Å². The van der Waals surface area contributed by atoms with Gasteiger partial charge in [-0.15, -0.1) is 6.58 Å². The molecule has 0 aliphatic carbocycles. The van der Waals surface area contributed by atoms with E-state index in [-0.39, 0.29) is 11.1 Å². The summed E-state index contributed by atoms with van der Waals surface area (Å²) in [6, 6.07) is 5.92. The molecule has 0 spiro atoms. The molecule has 4 nitrogen and oxygen atoms in total. The number of carboxylic acid groups (broad SMARTS) is 1. The second kappa shape index (κ2) is 7.06. The summed E-state index contributed by atoms with van der Waals surface area (Å²) in [4.78, 5) is 22.6. The average Bonchev–Trinajstić information content (AvgIpc) is 2.38. The zero-order chi connectivity index (χ0) is 13.4. The second-order valence-electron chi connectivity index (χ2n) is 3.49. The lowest BCUT2D eigenvalue weighted by molar-refractivity contribution is 0.0631. The van der Waals surface area contributed by atoms with Crippen molar-refractivity contribution in [1.29, 1.82) is 0 Å². The highest BCUT2D eigenvalue weighted by atomic mass is 16.5. The van der Waals surface area contributed by atoms with Gasteiger partial charge in [0.15, 0.2) is 0 Å². The van der Waals surface area contributed by atoms with Crippen LogP contribution in [0.5, 0.6) is 0 Å². The Labute approximate surface area is 105 Å². The molecule has 1 rings (SSSR count). The van der Waals surface area contributed by atoms with Gasteiger partial charge in [-0.05, 0) is 31.1 Å². The molecular weight excluding hydrogens is 232 g/mol. The number of unbranched alkanes of at least 4 members (excludes halogenated alkanes) is 1. The molecule has 0 fully saturated rings. The van der Waals surface area contributed by atoms with Crippen molar-refractivity contribution in [3.05, 3.63) is 60.4 Å². The van der Waals surface area contributed by atoms with Gasteiger partial charge < -0.3 is 9.84 Å². The first-order valence-electron chi connectivity index (χ1n) is 5.46. The van der Waals surface area contributed by atoms with Crippen molar-refractivity contribution >= 4 is 11.9 Å². The third-order valence-electron chi connectivity index (χ3n) is 2.19. The fourth-order valence-electron chi connectivity index (χ4n) is 1.30. The Hall–Kier alpha value is -2.36. The molecule has 0 unspecified atom stereocenters. The predicted molar refractivity (Wildman–Crippen MR) is 67.4 cm³/mol. The quantitative estimate of drug-likeness (QED) is 0.362. The number of esters is 1. The first-order chi connectivity index (χ1) is 8.66. The van der Waals surface area contributed by atoms with Gasteiger partial charge in [-0.3, -0.25) is 0 Å². The molecule has 18 heavy (non-hydrogen) atoms. The lowest BCUT2D eigenvalue weighted by atomic mass is 10.1. The highest BCUT2D eigenvalue weighted by molar-refractivity contribution is 6.02. The van der Waals surface area contributed by atoms with Crippen LogP contribution in [0.15, 0.2) is 49.3 Å². The molecule has 1 N–H and O–H groups in total. The number of ether oxygens (including phenoxy) is 1. The van der Waals surface area contributed by atoms with Crippen LogP contribution in [-0.2, 0) is 4.74 Å². The molecule has 0 atom stereocenters. The summed E-state index contributed by atoms with van der Waals surface area (Å²) in [7, 11) is 0. The summed E-state index contributed by atoms with van der Waals surface area (Å²) in [5.74, 6) is -1.83. The van der Waals surface area contributed by atoms with Gasteiger partial charge in [-0.1, -0.05) is 18.2 Å². The predicted octanol–water partition coefficient (Wildman–Crippen LogP) is 3.02. The van der Waals surface area contributed by atoms with Gasteiger partial charge >= 0.3 is 11.9 Å². The second-order valence-corrected chi connectivity index (χ2v) is 3.49. The third kappa shape index (κ3) is 3.90. The van der Waals surface area contributed by atoms with Crippen molar-refractivity contribution in [3.63, 3.8) is 0 Å². The number of rotatable bonds is 6. The summed E-state index contributed by atoms with van der Waals surface area (Å²) in [6.45, 7) is 3.57. The average molecular weight is 246 g/mol. The van der Waals surface area contributed by atoms with E-state index in [0.29, 0.717) is 0 Å². The van der Waals surface area contributed by atoms with Gasteiger partial charge in [0.05, 0.1) is 17.4 Å². The number of benzene rings is 1. The fraction of sp³-hybridized carbons (Fsp3) is 0.143. The molecule has 0 radical (unpaired) electrons. The van der Waals surface area contributed by atoms with Crippen molar-refractivity contribution < 1.29 is 19.4 Å². The van der Waals surface area contributed by atoms with Crippen molar-refractivity contribution in [3.8, 4) is 0 Å². The standard InChI is InChI=1S/C14H14O4/c1-2-3-4-7-10-18-14(17)12-9-6-5-8-11(12)13(15)16/h2,5-10H,1,3-4H2,(H,15,16). The van der Waals surface area contributed by atoms with Crippen LogP contribution in [0.3, 0.4) is 0 Å². The molecule has 1 aromatic carbocycles. The van der Waals surface area contributed by atoms with Gasteiger partial charge in [0.1, 0.15) is 0 Å². The Bertz CT molecular complexity index is 474. The summed E-state index contributed by atoms with van der Waals surface area (Å²) in [5, 5.41) is 8.92. The molecule has 0 aliphatic rings. The Morgan fingerprint density at radius 2 is 1.89 bits per heavy atom. The maximum atomic E-state index is 11.6. The van der Waals surface area contributed by atoms with Crippen molar-refractivity contribution in [1.82, 2.24) is 0 Å². The van der Waals surface area contributed by atoms with E-state index < -0.39 is 11.9 Å². The lowest BCUT2D eigenvalue weighted by Crippen LogP contribution is -2.09. The Morgan fingerprint density at radius 3 is 2.50 bits per heavy atom. The van der Waals surface area contributed by atoms with E-state index in [0.717, 1.165) is 12.8 Å². The smallest absolute Gasteiger partial charge is 0.343 e. The van der Waals surface area contributed by atoms with E-state index in [1.807, 2.05) is 0 Å². The molecule has 0 heterocycles. The molecule has 0 aliphatic heterocycles. The van der Waals surface area contributed by atoms with Crippen LogP contribution in [0.1, 0.15) is 33.6 Å². The SMILES string of the molecule is C=CCCC=COC(=O)c1ccccc1C(=O)O. The van der Waals surface area contributed by atoms with Gasteiger partial charge in [0.2, 0.25) is 0 Å². The van der Waals surface area contributed by atoms with Gasteiger partial charge in [0, 0.05) is 0 Å². The number of carbonyl (C=O) groups is 2. The first-order valence-corrected chi connectivity index (χ1v) is 5.46. The monoisotopic (exact) mass is 246 g/mol. The van der Waals surface area contributed by atoms with Crippen molar-refractivity contribution in [2.24, 2.45) is 0 Å². The number of aromatic carboxylic acids is 1. The Kier molecular flexibility index (Phi) is 5.38. The number of carbonyl (C=O) groups excluding carboxylic acids is 1. The number of hydrogen-bond acceptors (Lipinski definition) is 3. The Balaban J connectivity index is 2.70. The highest BCUT2D eigenvalue weighted by Crippen LogP contribution is 2.10. The van der Waals surface area contributed by atoms with Crippen LogP contribution < -0.4 is 0 Å². The third-order valence-corrected chi connectivity index (χ3v) is 2.19. The molecule has 94 valence electrons. The summed E-state index contributed by atoms with van der Waals surface area (Å²) in [5.41, 5.74) is -0.0274. The molecular formula is C14H14O4. The molecule has 0 amide bonds. The Morgan fingerprint density at radius 1 is 1.22 bits per heavy atom. The van der Waals surface area contributed by atoms with E-state index in [1.54, 1.807) is 24.3 Å². The minimum atomic E-state index is -1.15. The number of carboxylic acids is 1. The summed E-state index contributed by atoms with van der Waals surface area (Å²) < 4.78 is 4.85. The zero-order valence-electron chi connectivity index (χ0n) is 9.83. The molecule has 0 saturated heterocycles. The topological polar surface area (TPSA) is 63.6 Å². The van der Waals surface area contributed by atoms with Crippen LogP contribution in [-0.4, -0.2) is 17.0 Å². The lowest BCUT2D eigenvalue weighted by Gasteiger charge is -2.03. The minimum Gasteiger partial charge on any atom is -0.478 e. The maximum Gasteiger partial charge on any atom is 0.343 e. The summed E-state index contributed by atoms with van der Waals surface area (Å²) in [6.07, 6.45) is 6.22. The zero-order valence-corrected chi connectivity index (χ0v) is 9.83. The van der Waals surface area contributed by atoms with Gasteiger partial charge in [0.25, 0.3) is 0 Å². The van der Waals surface area contributed by atoms with E-state index in [9.17, 15) is 9.59 Å². The normalized spacial score (nSPS) is 10.2. The highest BCUT2D eigenvalue weighted by Gasteiger charge is 2.15. The number of allylic oxidation sites excluding steroid dienone is 2. The van der Waals surface area contributed by atoms with Crippen LogP contribution in [0, 0.1) is 0 Å². The van der Waals surface area contributed by atoms with E-state index >= 15 is 0 Å². The molecule has 0 bridgehead atoms. The fourth-order valence-corrected chi connectivity index (χ4v) is 1.30. The molecule has 4 heteroatoms. The van der Waals surface area contributed by atoms with Crippen molar-refractivity contribution in [2.75, 3.05) is 0 Å². The molecule has 1 aromatic rings. The van der Waals surface area contributed by atoms with Crippen molar-refractivity contribution in [2.45, 2.75) is 12.8 Å². The minimum absolute atomic E-state index is 0.0402. The maximum absolute atomic E-state index is 11.6. The first kappa shape index (κ1) is 13.7. The van der Waals surface area contributed by atoms with Gasteiger partial charge in [-0.25, -0.2) is 9.59 Å². The van der Waals surface area contributed by atoms with Crippen LogP contribution in [0.2, 0.25) is 0 Å². The summed E-state index contributed by atoms with van der Waals surface area (Å²) >= 11 is 0. The molecule has 0 saturated carbocycles. The van der Waals surface area contributed by atoms with Crippen LogP contribution >= 0.6 is 0 Å². The van der Waals surface area contributed by atoms with Crippen LogP contribution in [0.4, 0.5) is 0 Å². The van der Waals surface area contributed by atoms with Gasteiger partial charge in [-0.2, -0.15) is 0 Å². The number of hydrogen-bond donors (Lipinski definition) is 1. The largest absolute Gasteiger partial charge is 0.478 e. The van der Waals surface area contributed by atoms with Crippen LogP contribution in [0.25, 0.3) is 0 Å². The van der Waals surface area contributed by atoms with E-state index in [2.05, 4.69) is 6.58 Å². The molecule has 0 aromatic heterocycles. The van der Waals surface area contributed by atoms with E-state index in [4.69, 9.17) is 9.84 Å².